The van der Waals surface area contributed by atoms with E-state index in [2.05, 4.69) is 15.8 Å². The number of amides is 3. The zero-order valence-electron chi connectivity index (χ0n) is 17.2. The molecular weight excluding hydrogens is 420 g/mol. The number of hydrogen-bond acceptors (Lipinski definition) is 5. The molecule has 4 rings (SSSR count). The molecular formula is C22H21ClN4O4. The van der Waals surface area contributed by atoms with Crippen molar-refractivity contribution in [3.05, 3.63) is 64.5 Å². The molecule has 9 heteroatoms. The van der Waals surface area contributed by atoms with E-state index in [9.17, 15) is 9.59 Å². The highest BCUT2D eigenvalue weighted by atomic mass is 35.5. The van der Waals surface area contributed by atoms with Crippen molar-refractivity contribution < 1.29 is 18.8 Å². The summed E-state index contributed by atoms with van der Waals surface area (Å²) in [6.45, 7) is 5.64. The van der Waals surface area contributed by atoms with E-state index in [4.69, 9.17) is 20.9 Å². The number of carbonyl (C=O) groups excluding carboxylic acids is 2. The summed E-state index contributed by atoms with van der Waals surface area (Å²) in [4.78, 5) is 26.9. The van der Waals surface area contributed by atoms with Crippen LogP contribution in [0.3, 0.4) is 0 Å². The standard InChI is InChI=1S/C22H21ClN4O4/c1-12-18(13(2)31-26-12)11-27-19-10-17(7-8-20(19)30-14(3)21(27)28)25-22(29)24-16-6-4-5-15(23)9-16/h4-10,14H,11H2,1-3H3,(H2,24,25,29). The summed E-state index contributed by atoms with van der Waals surface area (Å²) in [5, 5.41) is 9.98. The second kappa shape index (κ2) is 8.31. The van der Waals surface area contributed by atoms with E-state index in [0.29, 0.717) is 40.1 Å². The monoisotopic (exact) mass is 440 g/mol. The fourth-order valence-electron chi connectivity index (χ4n) is 3.39. The van der Waals surface area contributed by atoms with E-state index in [0.717, 1.165) is 11.3 Å². The molecule has 2 heterocycles. The lowest BCUT2D eigenvalue weighted by molar-refractivity contribution is -0.125. The fourth-order valence-corrected chi connectivity index (χ4v) is 3.58. The van der Waals surface area contributed by atoms with Crippen LogP contribution >= 0.6 is 11.6 Å². The summed E-state index contributed by atoms with van der Waals surface area (Å²) in [6, 6.07) is 11.6. The minimum Gasteiger partial charge on any atom is -0.479 e. The van der Waals surface area contributed by atoms with Crippen LogP contribution in [0.25, 0.3) is 0 Å². The van der Waals surface area contributed by atoms with Crippen molar-refractivity contribution >= 4 is 40.6 Å². The van der Waals surface area contributed by atoms with Gasteiger partial charge < -0.3 is 24.8 Å². The summed E-state index contributed by atoms with van der Waals surface area (Å²) in [5.41, 5.74) is 3.19. The van der Waals surface area contributed by atoms with Gasteiger partial charge in [0.05, 0.1) is 17.9 Å². The maximum atomic E-state index is 12.9. The average molecular weight is 441 g/mol. The number of anilines is 3. The van der Waals surface area contributed by atoms with Crippen LogP contribution < -0.4 is 20.3 Å². The van der Waals surface area contributed by atoms with E-state index >= 15 is 0 Å². The van der Waals surface area contributed by atoms with E-state index in [1.807, 2.05) is 13.8 Å². The number of benzene rings is 2. The molecule has 0 bridgehead atoms. The van der Waals surface area contributed by atoms with Crippen LogP contribution in [0.2, 0.25) is 5.02 Å². The molecule has 0 saturated carbocycles. The lowest BCUT2D eigenvalue weighted by Crippen LogP contribution is -2.44. The summed E-state index contributed by atoms with van der Waals surface area (Å²) in [6.07, 6.45) is -0.627. The molecule has 1 atom stereocenters. The van der Waals surface area contributed by atoms with Gasteiger partial charge >= 0.3 is 6.03 Å². The molecule has 0 aliphatic carbocycles. The summed E-state index contributed by atoms with van der Waals surface area (Å²) in [5.74, 6) is 1.02. The first-order valence-electron chi connectivity index (χ1n) is 9.69. The van der Waals surface area contributed by atoms with Crippen molar-refractivity contribution in [3.8, 4) is 5.75 Å². The number of aromatic nitrogens is 1. The molecule has 0 radical (unpaired) electrons. The van der Waals surface area contributed by atoms with Gasteiger partial charge in [0.25, 0.3) is 5.91 Å². The van der Waals surface area contributed by atoms with Crippen LogP contribution in [0, 0.1) is 13.8 Å². The SMILES string of the molecule is Cc1noc(C)c1CN1C(=O)C(C)Oc2ccc(NC(=O)Nc3cccc(Cl)c3)cc21. The first-order valence-corrected chi connectivity index (χ1v) is 10.1. The van der Waals surface area contributed by atoms with Gasteiger partial charge in [0.1, 0.15) is 11.5 Å². The number of fused-ring (bicyclic) bond motifs is 1. The Labute approximate surface area is 184 Å². The lowest BCUT2D eigenvalue weighted by atomic mass is 10.1. The van der Waals surface area contributed by atoms with Crippen molar-refractivity contribution in [3.63, 3.8) is 0 Å². The Kier molecular flexibility index (Phi) is 5.56. The number of hydrogen-bond donors (Lipinski definition) is 2. The number of nitrogens with zero attached hydrogens (tertiary/aromatic N) is 2. The fraction of sp³-hybridized carbons (Fsp3) is 0.227. The van der Waals surface area contributed by atoms with Gasteiger partial charge in [0, 0.05) is 22.0 Å². The molecule has 0 saturated heterocycles. The largest absolute Gasteiger partial charge is 0.479 e. The molecule has 3 amide bonds. The first kappa shape index (κ1) is 20.7. The van der Waals surface area contributed by atoms with Crippen LogP contribution in [0.1, 0.15) is 23.9 Å². The smallest absolute Gasteiger partial charge is 0.323 e. The van der Waals surface area contributed by atoms with Crippen LogP contribution in [0.15, 0.2) is 47.0 Å². The Hall–Kier alpha value is -3.52. The van der Waals surface area contributed by atoms with Crippen molar-refractivity contribution in [1.82, 2.24) is 5.16 Å². The van der Waals surface area contributed by atoms with Gasteiger partial charge in [-0.1, -0.05) is 22.8 Å². The highest BCUT2D eigenvalue weighted by Gasteiger charge is 2.33. The highest BCUT2D eigenvalue weighted by molar-refractivity contribution is 6.30. The predicted octanol–water partition coefficient (Wildman–Crippen LogP) is 4.90. The van der Waals surface area contributed by atoms with E-state index in [1.54, 1.807) is 54.3 Å². The Morgan fingerprint density at radius 1 is 1.16 bits per heavy atom. The lowest BCUT2D eigenvalue weighted by Gasteiger charge is -2.33. The number of carbonyl (C=O) groups is 2. The molecule has 0 fully saturated rings. The number of ether oxygens (including phenoxy) is 1. The summed E-state index contributed by atoms with van der Waals surface area (Å²) in [7, 11) is 0. The zero-order valence-corrected chi connectivity index (χ0v) is 18.0. The number of urea groups is 1. The normalized spacial score (nSPS) is 15.3. The molecule has 160 valence electrons. The van der Waals surface area contributed by atoms with Crippen molar-refractivity contribution in [2.24, 2.45) is 0 Å². The van der Waals surface area contributed by atoms with Crippen LogP contribution in [-0.4, -0.2) is 23.2 Å². The van der Waals surface area contributed by atoms with E-state index in [1.165, 1.54) is 0 Å². The molecule has 1 aliphatic heterocycles. The Bertz CT molecular complexity index is 1140. The molecule has 31 heavy (non-hydrogen) atoms. The van der Waals surface area contributed by atoms with Crippen molar-refractivity contribution in [2.75, 3.05) is 15.5 Å². The van der Waals surface area contributed by atoms with Crippen LogP contribution in [0.5, 0.6) is 5.75 Å². The average Bonchev–Trinajstić information content (AvgIpc) is 3.03. The van der Waals surface area contributed by atoms with Gasteiger partial charge in [-0.3, -0.25) is 4.79 Å². The maximum Gasteiger partial charge on any atom is 0.323 e. The van der Waals surface area contributed by atoms with E-state index in [-0.39, 0.29) is 5.91 Å². The molecule has 2 N–H and O–H groups in total. The van der Waals surface area contributed by atoms with Gasteiger partial charge in [0.15, 0.2) is 6.10 Å². The molecule has 3 aromatic rings. The number of halogens is 1. The zero-order chi connectivity index (χ0) is 22.1. The van der Waals surface area contributed by atoms with Crippen LogP contribution in [-0.2, 0) is 11.3 Å². The quantitative estimate of drug-likeness (QED) is 0.601. The summed E-state index contributed by atoms with van der Waals surface area (Å²) >= 11 is 5.96. The molecule has 1 aromatic heterocycles. The van der Waals surface area contributed by atoms with Gasteiger partial charge in [-0.05, 0) is 57.2 Å². The van der Waals surface area contributed by atoms with Crippen LogP contribution in [0.4, 0.5) is 21.9 Å². The first-order chi connectivity index (χ1) is 14.8. The second-order valence-corrected chi connectivity index (χ2v) is 7.70. The topological polar surface area (TPSA) is 96.7 Å². The Balaban J connectivity index is 1.58. The third-order valence-corrected chi connectivity index (χ3v) is 5.24. The number of aryl methyl sites for hydroxylation is 2. The van der Waals surface area contributed by atoms with Gasteiger partial charge in [-0.15, -0.1) is 0 Å². The number of rotatable bonds is 4. The molecule has 8 nitrogen and oxygen atoms in total. The van der Waals surface area contributed by atoms with E-state index < -0.39 is 12.1 Å². The van der Waals surface area contributed by atoms with Gasteiger partial charge in [-0.2, -0.15) is 0 Å². The van der Waals surface area contributed by atoms with Crippen molar-refractivity contribution in [2.45, 2.75) is 33.4 Å². The third-order valence-electron chi connectivity index (χ3n) is 5.01. The molecule has 0 spiro atoms. The second-order valence-electron chi connectivity index (χ2n) is 7.26. The Morgan fingerprint density at radius 2 is 1.90 bits per heavy atom. The van der Waals surface area contributed by atoms with Crippen molar-refractivity contribution in [1.29, 1.82) is 0 Å². The number of nitrogens with one attached hydrogen (secondary N) is 2. The third kappa shape index (κ3) is 4.34. The minimum atomic E-state index is -0.627. The Morgan fingerprint density at radius 3 is 2.58 bits per heavy atom. The molecule has 1 aliphatic rings. The molecule has 1 unspecified atom stereocenters. The predicted molar refractivity (Wildman–Crippen MR) is 118 cm³/mol. The maximum absolute atomic E-state index is 12.9. The van der Waals surface area contributed by atoms with Gasteiger partial charge in [0.2, 0.25) is 0 Å². The highest BCUT2D eigenvalue weighted by Crippen LogP contribution is 2.37. The molecule has 2 aromatic carbocycles. The summed E-state index contributed by atoms with van der Waals surface area (Å²) < 4.78 is 11.0. The minimum absolute atomic E-state index is 0.187. The van der Waals surface area contributed by atoms with Gasteiger partial charge in [-0.25, -0.2) is 4.79 Å².